The van der Waals surface area contributed by atoms with Crippen LogP contribution in [-0.2, 0) is 28.7 Å². The number of carbonyl (C=O) groups is 5. The Labute approximate surface area is 217 Å². The van der Waals surface area contributed by atoms with Gasteiger partial charge in [-0.15, -0.1) is 0 Å². The maximum Gasteiger partial charge on any atom is 0.326 e. The maximum absolute atomic E-state index is 12.7. The monoisotopic (exact) mass is 517 g/mol. The van der Waals surface area contributed by atoms with E-state index >= 15 is 0 Å². The van der Waals surface area contributed by atoms with Gasteiger partial charge in [-0.1, -0.05) is 19.4 Å². The van der Waals surface area contributed by atoms with Crippen LogP contribution in [0.25, 0.3) is 0 Å². The highest BCUT2D eigenvalue weighted by molar-refractivity contribution is 5.91. The number of allylic oxidation sites excluding steroid dienone is 1. The lowest BCUT2D eigenvalue weighted by molar-refractivity contribution is -0.160. The molecule has 1 amide bonds. The standard InChI is InChI=1S/C28H39NO8/c1-27-13-11-17(30)15-16(27)3-4-18-19-5-7-22(28(19,2)14-12-20(18)27)37-25(34)10-8-23(31)29-21(26(35)36)6-9-24(32)33/h15,18-22H,3-14H2,1-2H3,(H,29,31)(H,32,33)(H,35,36)/t18-,19-,20-,21-,22+,27-,28-/m0/s1. The van der Waals surface area contributed by atoms with E-state index in [0.29, 0.717) is 24.2 Å². The van der Waals surface area contributed by atoms with Crippen molar-refractivity contribution in [3.63, 3.8) is 0 Å². The van der Waals surface area contributed by atoms with E-state index in [0.717, 1.165) is 44.9 Å². The summed E-state index contributed by atoms with van der Waals surface area (Å²) in [6.07, 6.45) is 8.20. The quantitative estimate of drug-likeness (QED) is 0.393. The van der Waals surface area contributed by atoms with Gasteiger partial charge in [0, 0.05) is 24.7 Å². The molecule has 3 saturated carbocycles. The minimum atomic E-state index is -1.31. The number of esters is 1. The number of ketones is 1. The van der Waals surface area contributed by atoms with Crippen LogP contribution in [0.4, 0.5) is 0 Å². The van der Waals surface area contributed by atoms with Crippen LogP contribution in [0.15, 0.2) is 11.6 Å². The molecule has 0 saturated heterocycles. The van der Waals surface area contributed by atoms with E-state index in [2.05, 4.69) is 19.2 Å². The fourth-order valence-electron chi connectivity index (χ4n) is 7.93. The summed E-state index contributed by atoms with van der Waals surface area (Å²) >= 11 is 0. The number of carboxylic acid groups (broad SMARTS) is 2. The lowest BCUT2D eigenvalue weighted by Crippen LogP contribution is -2.51. The number of fused-ring (bicyclic) bond motifs is 5. The van der Waals surface area contributed by atoms with Crippen LogP contribution in [0.2, 0.25) is 0 Å². The average molecular weight is 518 g/mol. The summed E-state index contributed by atoms with van der Waals surface area (Å²) in [5.41, 5.74) is 1.33. The van der Waals surface area contributed by atoms with Gasteiger partial charge in [0.15, 0.2) is 5.78 Å². The first-order valence-electron chi connectivity index (χ1n) is 13.6. The van der Waals surface area contributed by atoms with Crippen LogP contribution >= 0.6 is 0 Å². The van der Waals surface area contributed by atoms with Gasteiger partial charge in [0.2, 0.25) is 5.91 Å². The molecule has 0 radical (unpaired) electrons. The molecule has 204 valence electrons. The molecule has 0 aromatic heterocycles. The molecule has 0 aromatic rings. The number of nitrogens with one attached hydrogen (secondary N) is 1. The van der Waals surface area contributed by atoms with Gasteiger partial charge in [-0.05, 0) is 80.6 Å². The molecular weight excluding hydrogens is 478 g/mol. The van der Waals surface area contributed by atoms with E-state index in [1.165, 1.54) is 5.57 Å². The summed E-state index contributed by atoms with van der Waals surface area (Å²) in [6, 6.07) is -1.31. The molecule has 9 nitrogen and oxygen atoms in total. The van der Waals surface area contributed by atoms with Crippen molar-refractivity contribution in [3.8, 4) is 0 Å². The first-order valence-corrected chi connectivity index (χ1v) is 13.6. The highest BCUT2D eigenvalue weighted by atomic mass is 16.5. The molecule has 0 spiro atoms. The molecule has 0 aliphatic heterocycles. The third-order valence-electron chi connectivity index (χ3n) is 9.99. The number of hydrogen-bond acceptors (Lipinski definition) is 6. The Morgan fingerprint density at radius 3 is 2.46 bits per heavy atom. The van der Waals surface area contributed by atoms with Crippen molar-refractivity contribution in [2.75, 3.05) is 0 Å². The van der Waals surface area contributed by atoms with Gasteiger partial charge in [0.25, 0.3) is 0 Å². The molecule has 0 bridgehead atoms. The summed E-state index contributed by atoms with van der Waals surface area (Å²) < 4.78 is 5.92. The topological polar surface area (TPSA) is 147 Å². The average Bonchev–Trinajstić information content (AvgIpc) is 3.16. The molecule has 4 rings (SSSR count). The number of amides is 1. The van der Waals surface area contributed by atoms with Gasteiger partial charge in [-0.2, -0.15) is 0 Å². The Morgan fingerprint density at radius 1 is 1.00 bits per heavy atom. The summed E-state index contributed by atoms with van der Waals surface area (Å²) in [5.74, 6) is -1.70. The minimum Gasteiger partial charge on any atom is -0.481 e. The fraction of sp³-hybridized carbons (Fsp3) is 0.750. The summed E-state index contributed by atoms with van der Waals surface area (Å²) in [4.78, 5) is 58.9. The van der Waals surface area contributed by atoms with E-state index in [9.17, 15) is 29.1 Å². The summed E-state index contributed by atoms with van der Waals surface area (Å²) in [5, 5.41) is 20.2. The second-order valence-electron chi connectivity index (χ2n) is 12.0. The predicted molar refractivity (Wildman–Crippen MR) is 132 cm³/mol. The lowest BCUT2D eigenvalue weighted by Gasteiger charge is -2.57. The zero-order valence-corrected chi connectivity index (χ0v) is 21.8. The zero-order chi connectivity index (χ0) is 27.0. The highest BCUT2D eigenvalue weighted by Crippen LogP contribution is 2.65. The molecule has 9 heteroatoms. The van der Waals surface area contributed by atoms with Crippen molar-refractivity contribution >= 4 is 29.6 Å². The molecule has 0 aromatic carbocycles. The third-order valence-corrected chi connectivity index (χ3v) is 9.99. The van der Waals surface area contributed by atoms with Crippen LogP contribution in [0.1, 0.15) is 90.9 Å². The molecule has 37 heavy (non-hydrogen) atoms. The fourth-order valence-corrected chi connectivity index (χ4v) is 7.93. The predicted octanol–water partition coefficient (Wildman–Crippen LogP) is 3.64. The highest BCUT2D eigenvalue weighted by Gasteiger charge is 2.59. The second-order valence-corrected chi connectivity index (χ2v) is 12.0. The van der Waals surface area contributed by atoms with Crippen molar-refractivity contribution in [1.82, 2.24) is 5.32 Å². The first-order chi connectivity index (χ1) is 17.4. The number of aliphatic carboxylic acids is 2. The van der Waals surface area contributed by atoms with Gasteiger partial charge < -0.3 is 20.3 Å². The third kappa shape index (κ3) is 5.46. The SMILES string of the molecule is C[C@]12CC[C@H]3[C@@H](CCC4=CC(=O)CC[C@@]43C)[C@@H]1CC[C@H]2OC(=O)CCC(=O)N[C@@H](CCC(=O)O)C(=O)O. The van der Waals surface area contributed by atoms with Gasteiger partial charge in [-0.25, -0.2) is 4.79 Å². The van der Waals surface area contributed by atoms with Gasteiger partial charge in [0.1, 0.15) is 12.1 Å². The number of hydrogen-bond donors (Lipinski definition) is 3. The molecule has 3 fully saturated rings. The van der Waals surface area contributed by atoms with E-state index in [1.807, 2.05) is 6.08 Å². The maximum atomic E-state index is 12.7. The summed E-state index contributed by atoms with van der Waals surface area (Å²) in [6.45, 7) is 4.59. The van der Waals surface area contributed by atoms with E-state index < -0.39 is 29.9 Å². The van der Waals surface area contributed by atoms with Crippen LogP contribution in [0.3, 0.4) is 0 Å². The smallest absolute Gasteiger partial charge is 0.326 e. The second kappa shape index (κ2) is 10.6. The van der Waals surface area contributed by atoms with E-state index in [-0.39, 0.29) is 48.4 Å². The Morgan fingerprint density at radius 2 is 1.76 bits per heavy atom. The van der Waals surface area contributed by atoms with Gasteiger partial charge in [-0.3, -0.25) is 19.2 Å². The van der Waals surface area contributed by atoms with Crippen molar-refractivity contribution in [2.24, 2.45) is 28.6 Å². The van der Waals surface area contributed by atoms with Crippen molar-refractivity contribution in [2.45, 2.75) is 103 Å². The first kappa shape index (κ1) is 27.3. The normalized spacial score (nSPS) is 35.3. The Hall–Kier alpha value is -2.71. The number of ether oxygens (including phenoxy) is 1. The van der Waals surface area contributed by atoms with E-state index in [1.54, 1.807) is 0 Å². The van der Waals surface area contributed by atoms with Crippen molar-refractivity contribution < 1.29 is 38.9 Å². The van der Waals surface area contributed by atoms with Gasteiger partial charge >= 0.3 is 17.9 Å². The number of carboxylic acids is 2. The number of rotatable bonds is 9. The van der Waals surface area contributed by atoms with Gasteiger partial charge in [0.05, 0.1) is 6.42 Å². The Bertz CT molecular complexity index is 1000. The molecule has 0 heterocycles. The van der Waals surface area contributed by atoms with Crippen molar-refractivity contribution in [3.05, 3.63) is 11.6 Å². The summed E-state index contributed by atoms with van der Waals surface area (Å²) in [7, 11) is 0. The molecule has 4 aliphatic rings. The number of carbonyl (C=O) groups excluding carboxylic acids is 3. The Kier molecular flexibility index (Phi) is 7.81. The molecule has 3 N–H and O–H groups in total. The van der Waals surface area contributed by atoms with Crippen molar-refractivity contribution in [1.29, 1.82) is 0 Å². The van der Waals surface area contributed by atoms with Crippen LogP contribution < -0.4 is 5.32 Å². The molecular formula is C28H39NO8. The largest absolute Gasteiger partial charge is 0.481 e. The molecule has 7 atom stereocenters. The minimum absolute atomic E-state index is 0.0958. The lowest BCUT2D eigenvalue weighted by atomic mass is 9.47. The van der Waals surface area contributed by atoms with Crippen LogP contribution in [-0.4, -0.2) is 52.0 Å². The van der Waals surface area contributed by atoms with Crippen LogP contribution in [0, 0.1) is 28.6 Å². The molecule has 4 aliphatic carbocycles. The zero-order valence-electron chi connectivity index (χ0n) is 21.8. The Balaban J connectivity index is 1.31. The molecule has 0 unspecified atom stereocenters. The van der Waals surface area contributed by atoms with E-state index in [4.69, 9.17) is 9.84 Å². The van der Waals surface area contributed by atoms with Crippen LogP contribution in [0.5, 0.6) is 0 Å².